The average molecular weight is 308 g/mol. The molecular formula is C18H20N4O. The second-order valence-corrected chi connectivity index (χ2v) is 5.67. The Morgan fingerprint density at radius 1 is 1.26 bits per heavy atom. The molecule has 5 heteroatoms. The van der Waals surface area contributed by atoms with Crippen molar-refractivity contribution in [3.8, 4) is 5.69 Å². The van der Waals surface area contributed by atoms with Crippen LogP contribution < -0.4 is 5.32 Å². The highest BCUT2D eigenvalue weighted by atomic mass is 16.1. The summed E-state index contributed by atoms with van der Waals surface area (Å²) < 4.78 is 1.99. The summed E-state index contributed by atoms with van der Waals surface area (Å²) in [5.74, 6) is 0.826. The van der Waals surface area contributed by atoms with Gasteiger partial charge in [-0.3, -0.25) is 9.36 Å². The molecule has 1 N–H and O–H groups in total. The van der Waals surface area contributed by atoms with E-state index in [1.165, 1.54) is 0 Å². The van der Waals surface area contributed by atoms with E-state index in [9.17, 15) is 4.79 Å². The van der Waals surface area contributed by atoms with Gasteiger partial charge in [0.2, 0.25) is 0 Å². The highest BCUT2D eigenvalue weighted by Crippen LogP contribution is 2.19. The van der Waals surface area contributed by atoms with Gasteiger partial charge in [0.25, 0.3) is 5.91 Å². The number of amides is 1. The lowest BCUT2D eigenvalue weighted by Crippen LogP contribution is -2.31. The molecule has 118 valence electrons. The average Bonchev–Trinajstić information content (AvgIpc) is 2.90. The van der Waals surface area contributed by atoms with Crippen LogP contribution in [0.3, 0.4) is 0 Å². The minimum absolute atomic E-state index is 0.0452. The maximum atomic E-state index is 12.1. The van der Waals surface area contributed by atoms with Gasteiger partial charge < -0.3 is 5.32 Å². The Balaban J connectivity index is 1.93. The molecule has 1 amide bonds. The van der Waals surface area contributed by atoms with Crippen LogP contribution in [0.1, 0.15) is 36.5 Å². The van der Waals surface area contributed by atoms with Crippen molar-refractivity contribution in [1.29, 1.82) is 0 Å². The number of nitrogens with one attached hydrogen (secondary N) is 1. The van der Waals surface area contributed by atoms with Crippen molar-refractivity contribution in [2.24, 2.45) is 0 Å². The van der Waals surface area contributed by atoms with Gasteiger partial charge in [-0.25, -0.2) is 9.97 Å². The molecule has 0 spiro atoms. The number of nitrogens with zero attached hydrogens (tertiary/aromatic N) is 3. The Morgan fingerprint density at radius 3 is 2.70 bits per heavy atom. The van der Waals surface area contributed by atoms with Crippen molar-refractivity contribution < 1.29 is 4.79 Å². The molecular weight excluding hydrogens is 288 g/mol. The fraction of sp³-hybridized carbons (Fsp3) is 0.278. The van der Waals surface area contributed by atoms with Crippen LogP contribution in [0.4, 0.5) is 0 Å². The number of hydrogen-bond acceptors (Lipinski definition) is 3. The van der Waals surface area contributed by atoms with Gasteiger partial charge in [0.1, 0.15) is 11.3 Å². The molecule has 2 heterocycles. The summed E-state index contributed by atoms with van der Waals surface area (Å²) in [4.78, 5) is 21.1. The number of rotatable bonds is 4. The molecule has 1 atom stereocenters. The Hall–Kier alpha value is -2.69. The van der Waals surface area contributed by atoms with Gasteiger partial charge in [-0.2, -0.15) is 0 Å². The molecule has 0 aliphatic heterocycles. The normalized spacial score (nSPS) is 12.3. The van der Waals surface area contributed by atoms with E-state index in [1.807, 2.05) is 61.7 Å². The molecule has 0 aliphatic carbocycles. The number of carbonyl (C=O) groups excluding carboxylic acids is 1. The Bertz CT molecular complexity index is 836. The Labute approximate surface area is 135 Å². The standard InChI is InChI=1S/C18H20N4O/c1-4-12(2)20-18(23)14-7-9-15(10-8-14)22-13(3)21-16-6-5-11-19-17(16)22/h5-12H,4H2,1-3H3,(H,20,23). The third-order valence-electron chi connectivity index (χ3n) is 3.96. The molecule has 5 nitrogen and oxygen atoms in total. The topological polar surface area (TPSA) is 59.8 Å². The fourth-order valence-corrected chi connectivity index (χ4v) is 2.51. The highest BCUT2D eigenvalue weighted by Gasteiger charge is 2.12. The maximum absolute atomic E-state index is 12.1. The summed E-state index contributed by atoms with van der Waals surface area (Å²) in [5.41, 5.74) is 3.29. The highest BCUT2D eigenvalue weighted by molar-refractivity contribution is 5.94. The number of pyridine rings is 1. The van der Waals surface area contributed by atoms with Gasteiger partial charge >= 0.3 is 0 Å². The van der Waals surface area contributed by atoms with E-state index in [4.69, 9.17) is 0 Å². The van der Waals surface area contributed by atoms with Crippen molar-refractivity contribution >= 4 is 17.1 Å². The first-order valence-electron chi connectivity index (χ1n) is 7.81. The predicted molar refractivity (Wildman–Crippen MR) is 90.8 cm³/mol. The van der Waals surface area contributed by atoms with Crippen LogP contribution in [0.15, 0.2) is 42.6 Å². The van der Waals surface area contributed by atoms with Crippen LogP contribution >= 0.6 is 0 Å². The third-order valence-corrected chi connectivity index (χ3v) is 3.96. The van der Waals surface area contributed by atoms with E-state index >= 15 is 0 Å². The molecule has 1 aromatic carbocycles. The zero-order valence-corrected chi connectivity index (χ0v) is 13.6. The van der Waals surface area contributed by atoms with Gasteiger partial charge in [0.15, 0.2) is 5.65 Å². The van der Waals surface area contributed by atoms with Gasteiger partial charge in [-0.1, -0.05) is 6.92 Å². The summed E-state index contributed by atoms with van der Waals surface area (Å²) >= 11 is 0. The number of fused-ring (bicyclic) bond motifs is 1. The first kappa shape index (κ1) is 15.2. The SMILES string of the molecule is CCC(C)NC(=O)c1ccc(-n2c(C)nc3cccnc32)cc1. The Kier molecular flexibility index (Phi) is 4.10. The zero-order chi connectivity index (χ0) is 16.4. The van der Waals surface area contributed by atoms with E-state index in [-0.39, 0.29) is 11.9 Å². The Morgan fingerprint density at radius 2 is 2.00 bits per heavy atom. The minimum atomic E-state index is -0.0452. The number of aromatic nitrogens is 3. The first-order chi connectivity index (χ1) is 11.1. The number of imidazole rings is 1. The van der Waals surface area contributed by atoms with Crippen molar-refractivity contribution in [3.63, 3.8) is 0 Å². The maximum Gasteiger partial charge on any atom is 0.251 e. The van der Waals surface area contributed by atoms with Crippen LogP contribution in [0.2, 0.25) is 0 Å². The molecule has 0 fully saturated rings. The summed E-state index contributed by atoms with van der Waals surface area (Å²) in [5, 5.41) is 2.97. The minimum Gasteiger partial charge on any atom is -0.350 e. The fourth-order valence-electron chi connectivity index (χ4n) is 2.51. The number of benzene rings is 1. The van der Waals surface area contributed by atoms with Gasteiger partial charge in [0.05, 0.1) is 0 Å². The summed E-state index contributed by atoms with van der Waals surface area (Å²) in [6, 6.07) is 11.5. The molecule has 0 bridgehead atoms. The number of aryl methyl sites for hydroxylation is 1. The van der Waals surface area contributed by atoms with E-state index in [0.29, 0.717) is 5.56 Å². The van der Waals surface area contributed by atoms with Crippen LogP contribution in [0.25, 0.3) is 16.9 Å². The van der Waals surface area contributed by atoms with Crippen molar-refractivity contribution in [2.45, 2.75) is 33.2 Å². The van der Waals surface area contributed by atoms with E-state index in [1.54, 1.807) is 6.20 Å². The summed E-state index contributed by atoms with van der Waals surface area (Å²) in [6.45, 7) is 6.00. The molecule has 0 saturated carbocycles. The smallest absolute Gasteiger partial charge is 0.251 e. The number of carbonyl (C=O) groups is 1. The van der Waals surface area contributed by atoms with E-state index in [2.05, 4.69) is 15.3 Å². The van der Waals surface area contributed by atoms with Crippen LogP contribution in [0.5, 0.6) is 0 Å². The lowest BCUT2D eigenvalue weighted by molar-refractivity contribution is 0.0939. The van der Waals surface area contributed by atoms with E-state index < -0.39 is 0 Å². The second-order valence-electron chi connectivity index (χ2n) is 5.67. The van der Waals surface area contributed by atoms with E-state index in [0.717, 1.165) is 29.1 Å². The summed E-state index contributed by atoms with van der Waals surface area (Å²) in [6.07, 6.45) is 2.67. The summed E-state index contributed by atoms with van der Waals surface area (Å²) in [7, 11) is 0. The lowest BCUT2D eigenvalue weighted by atomic mass is 10.1. The molecule has 3 aromatic rings. The van der Waals surface area contributed by atoms with Crippen LogP contribution in [-0.2, 0) is 0 Å². The van der Waals surface area contributed by atoms with Gasteiger partial charge in [0, 0.05) is 23.5 Å². The quantitative estimate of drug-likeness (QED) is 0.805. The molecule has 2 aromatic heterocycles. The first-order valence-corrected chi connectivity index (χ1v) is 7.81. The molecule has 0 radical (unpaired) electrons. The molecule has 0 saturated heterocycles. The predicted octanol–water partition coefficient (Wildman–Crippen LogP) is 3.26. The molecule has 1 unspecified atom stereocenters. The van der Waals surface area contributed by atoms with Crippen LogP contribution in [0, 0.1) is 6.92 Å². The molecule has 23 heavy (non-hydrogen) atoms. The monoisotopic (exact) mass is 308 g/mol. The molecule has 0 aliphatic rings. The lowest BCUT2D eigenvalue weighted by Gasteiger charge is -2.12. The molecule has 3 rings (SSSR count). The number of hydrogen-bond donors (Lipinski definition) is 1. The van der Waals surface area contributed by atoms with Crippen molar-refractivity contribution in [3.05, 3.63) is 54.0 Å². The van der Waals surface area contributed by atoms with Gasteiger partial charge in [-0.15, -0.1) is 0 Å². The van der Waals surface area contributed by atoms with Crippen molar-refractivity contribution in [1.82, 2.24) is 19.9 Å². The zero-order valence-electron chi connectivity index (χ0n) is 13.6. The van der Waals surface area contributed by atoms with Crippen molar-refractivity contribution in [2.75, 3.05) is 0 Å². The van der Waals surface area contributed by atoms with Gasteiger partial charge in [-0.05, 0) is 56.7 Å². The largest absolute Gasteiger partial charge is 0.350 e. The second kappa shape index (κ2) is 6.20. The van der Waals surface area contributed by atoms with Crippen LogP contribution in [-0.4, -0.2) is 26.5 Å². The third kappa shape index (κ3) is 2.95.